The van der Waals surface area contributed by atoms with Crippen LogP contribution in [0.5, 0.6) is 0 Å². The first-order valence-electron chi connectivity index (χ1n) is 7.41. The lowest BCUT2D eigenvalue weighted by Crippen LogP contribution is -2.47. The predicted octanol–water partition coefficient (Wildman–Crippen LogP) is -0.00250. The largest absolute Gasteiger partial charge is 0.480 e. The summed E-state index contributed by atoms with van der Waals surface area (Å²) in [5.41, 5.74) is 5.89. The fourth-order valence-electron chi connectivity index (χ4n) is 2.98. The minimum atomic E-state index is -0.841. The van der Waals surface area contributed by atoms with Gasteiger partial charge in [-0.05, 0) is 12.8 Å². The number of nitrogens with zero attached hydrogens (tertiary/aromatic N) is 1. The number of methoxy groups -OCH3 is 1. The minimum absolute atomic E-state index is 0.0380. The molecule has 1 heterocycles. The number of amides is 1. The second kappa shape index (κ2) is 8.31. The Balaban J connectivity index is 2.76. The lowest BCUT2D eigenvalue weighted by atomic mass is 10.00. The molecule has 0 aromatic rings. The Morgan fingerprint density at radius 2 is 2.19 bits per heavy atom. The van der Waals surface area contributed by atoms with E-state index in [2.05, 4.69) is 12.2 Å². The summed E-state index contributed by atoms with van der Waals surface area (Å²) in [5.74, 6) is -0.960. The van der Waals surface area contributed by atoms with Gasteiger partial charge >= 0.3 is 5.97 Å². The number of carbonyl (C=O) groups is 2. The molecular formula is C14H27N3O4. The number of aliphatic carboxylic acids is 1. The van der Waals surface area contributed by atoms with Gasteiger partial charge in [0.05, 0.1) is 0 Å². The molecule has 1 aliphatic rings. The molecule has 0 spiro atoms. The van der Waals surface area contributed by atoms with E-state index in [1.807, 2.05) is 4.90 Å². The van der Waals surface area contributed by atoms with Crippen LogP contribution in [0.4, 0.5) is 0 Å². The summed E-state index contributed by atoms with van der Waals surface area (Å²) in [5, 5.41) is 12.1. The Morgan fingerprint density at radius 1 is 1.52 bits per heavy atom. The SMILES string of the molecule is CCCC(CN1CC(N)CC1C(=O)O)C(NC(C)=O)OC. The summed E-state index contributed by atoms with van der Waals surface area (Å²) in [7, 11) is 1.55. The van der Waals surface area contributed by atoms with Gasteiger partial charge in [0.1, 0.15) is 12.3 Å². The van der Waals surface area contributed by atoms with Crippen LogP contribution in [0, 0.1) is 5.92 Å². The molecule has 1 rings (SSSR count). The van der Waals surface area contributed by atoms with Crippen molar-refractivity contribution in [3.05, 3.63) is 0 Å². The summed E-state index contributed by atoms with van der Waals surface area (Å²) in [4.78, 5) is 24.5. The molecule has 4 unspecified atom stereocenters. The summed E-state index contributed by atoms with van der Waals surface area (Å²) in [6.07, 6.45) is 1.83. The van der Waals surface area contributed by atoms with Crippen molar-refractivity contribution in [3.63, 3.8) is 0 Å². The lowest BCUT2D eigenvalue weighted by molar-refractivity contribution is -0.143. The molecule has 1 saturated heterocycles. The summed E-state index contributed by atoms with van der Waals surface area (Å²) in [6.45, 7) is 4.61. The first kappa shape index (κ1) is 17.9. The highest BCUT2D eigenvalue weighted by Crippen LogP contribution is 2.22. The van der Waals surface area contributed by atoms with Gasteiger partial charge in [0.25, 0.3) is 0 Å². The van der Waals surface area contributed by atoms with E-state index in [4.69, 9.17) is 10.5 Å². The fraction of sp³-hybridized carbons (Fsp3) is 0.857. The molecule has 122 valence electrons. The standard InChI is InChI=1S/C14H27N3O4/c1-4-5-10(13(21-3)16-9(2)18)7-17-8-11(15)6-12(17)14(19)20/h10-13H,4-8,15H2,1-3H3,(H,16,18)(H,19,20). The molecule has 0 aliphatic carbocycles. The molecule has 7 nitrogen and oxygen atoms in total. The highest BCUT2D eigenvalue weighted by Gasteiger charge is 2.37. The predicted molar refractivity (Wildman–Crippen MR) is 78.6 cm³/mol. The molecular weight excluding hydrogens is 274 g/mol. The molecule has 0 radical (unpaired) electrons. The number of nitrogens with two attached hydrogens (primary N) is 1. The van der Waals surface area contributed by atoms with Crippen LogP contribution in [0.2, 0.25) is 0 Å². The Bertz CT molecular complexity index is 364. The number of carboxylic acids is 1. The number of carboxylic acid groups (broad SMARTS) is 1. The van der Waals surface area contributed by atoms with Crippen molar-refractivity contribution in [1.82, 2.24) is 10.2 Å². The van der Waals surface area contributed by atoms with E-state index in [0.29, 0.717) is 19.5 Å². The van der Waals surface area contributed by atoms with Gasteiger partial charge in [-0.25, -0.2) is 0 Å². The maximum atomic E-state index is 11.3. The first-order chi connectivity index (χ1) is 9.88. The third-order valence-corrected chi connectivity index (χ3v) is 3.88. The maximum absolute atomic E-state index is 11.3. The number of rotatable bonds is 8. The monoisotopic (exact) mass is 301 g/mol. The Kier molecular flexibility index (Phi) is 7.07. The molecule has 0 aromatic heterocycles. The summed E-state index contributed by atoms with van der Waals surface area (Å²) >= 11 is 0. The third kappa shape index (κ3) is 5.26. The van der Waals surface area contributed by atoms with E-state index in [1.165, 1.54) is 6.92 Å². The van der Waals surface area contributed by atoms with Crippen molar-refractivity contribution in [2.45, 2.75) is 51.4 Å². The lowest BCUT2D eigenvalue weighted by Gasteiger charge is -2.31. The molecule has 0 bridgehead atoms. The van der Waals surface area contributed by atoms with Crippen molar-refractivity contribution in [2.24, 2.45) is 11.7 Å². The molecule has 4 atom stereocenters. The number of nitrogens with one attached hydrogen (secondary N) is 1. The first-order valence-corrected chi connectivity index (χ1v) is 7.41. The zero-order valence-electron chi connectivity index (χ0n) is 13.0. The number of hydrogen-bond donors (Lipinski definition) is 3. The van der Waals surface area contributed by atoms with E-state index >= 15 is 0 Å². The van der Waals surface area contributed by atoms with Crippen LogP contribution >= 0.6 is 0 Å². The second-order valence-corrected chi connectivity index (χ2v) is 5.71. The fourth-order valence-corrected chi connectivity index (χ4v) is 2.98. The second-order valence-electron chi connectivity index (χ2n) is 5.71. The van der Waals surface area contributed by atoms with Gasteiger partial charge in [-0.15, -0.1) is 0 Å². The number of carbonyl (C=O) groups excluding carboxylic acids is 1. The third-order valence-electron chi connectivity index (χ3n) is 3.88. The molecule has 1 fully saturated rings. The number of ether oxygens (including phenoxy) is 1. The van der Waals surface area contributed by atoms with Crippen molar-refractivity contribution in [1.29, 1.82) is 0 Å². The quantitative estimate of drug-likeness (QED) is 0.545. The van der Waals surface area contributed by atoms with Gasteiger partial charge in [-0.1, -0.05) is 13.3 Å². The van der Waals surface area contributed by atoms with Gasteiger partial charge < -0.3 is 20.9 Å². The molecule has 4 N–H and O–H groups in total. The number of hydrogen-bond acceptors (Lipinski definition) is 5. The molecule has 0 aromatic carbocycles. The topological polar surface area (TPSA) is 105 Å². The smallest absolute Gasteiger partial charge is 0.320 e. The zero-order valence-corrected chi connectivity index (χ0v) is 13.0. The molecule has 1 aliphatic heterocycles. The van der Waals surface area contributed by atoms with E-state index in [0.717, 1.165) is 12.8 Å². The summed E-state index contributed by atoms with van der Waals surface area (Å²) in [6, 6.07) is -0.663. The molecule has 21 heavy (non-hydrogen) atoms. The minimum Gasteiger partial charge on any atom is -0.480 e. The average molecular weight is 301 g/mol. The van der Waals surface area contributed by atoms with Crippen LogP contribution in [0.15, 0.2) is 0 Å². The number of likely N-dealkylation sites (tertiary alicyclic amines) is 1. The van der Waals surface area contributed by atoms with Crippen LogP contribution in [-0.4, -0.2) is 60.4 Å². The molecule has 0 saturated carbocycles. The van der Waals surface area contributed by atoms with E-state index < -0.39 is 18.2 Å². The van der Waals surface area contributed by atoms with Gasteiger partial charge in [-0.3, -0.25) is 14.5 Å². The average Bonchev–Trinajstić information content (AvgIpc) is 2.76. The van der Waals surface area contributed by atoms with Gasteiger partial charge in [0.15, 0.2) is 0 Å². The highest BCUT2D eigenvalue weighted by molar-refractivity contribution is 5.74. The Morgan fingerprint density at radius 3 is 2.67 bits per heavy atom. The normalized spacial score (nSPS) is 25.5. The maximum Gasteiger partial charge on any atom is 0.320 e. The van der Waals surface area contributed by atoms with E-state index in [1.54, 1.807) is 7.11 Å². The zero-order chi connectivity index (χ0) is 16.0. The van der Waals surface area contributed by atoms with Crippen molar-refractivity contribution >= 4 is 11.9 Å². The van der Waals surface area contributed by atoms with Gasteiger partial charge in [0.2, 0.25) is 5.91 Å². The van der Waals surface area contributed by atoms with Gasteiger partial charge in [0, 0.05) is 39.1 Å². The van der Waals surface area contributed by atoms with Crippen LogP contribution in [0.1, 0.15) is 33.1 Å². The summed E-state index contributed by atoms with van der Waals surface area (Å²) < 4.78 is 5.37. The van der Waals surface area contributed by atoms with Crippen LogP contribution in [0.3, 0.4) is 0 Å². The van der Waals surface area contributed by atoms with Crippen LogP contribution in [-0.2, 0) is 14.3 Å². The van der Waals surface area contributed by atoms with Crippen LogP contribution in [0.25, 0.3) is 0 Å². The van der Waals surface area contributed by atoms with Crippen molar-refractivity contribution < 1.29 is 19.4 Å². The molecule has 7 heteroatoms. The molecule has 1 amide bonds. The van der Waals surface area contributed by atoms with Gasteiger partial charge in [-0.2, -0.15) is 0 Å². The van der Waals surface area contributed by atoms with E-state index in [9.17, 15) is 14.7 Å². The highest BCUT2D eigenvalue weighted by atomic mass is 16.5. The van der Waals surface area contributed by atoms with Crippen molar-refractivity contribution in [3.8, 4) is 0 Å². The van der Waals surface area contributed by atoms with Crippen LogP contribution < -0.4 is 11.1 Å². The van der Waals surface area contributed by atoms with Crippen molar-refractivity contribution in [2.75, 3.05) is 20.2 Å². The Labute approximate surface area is 125 Å². The van der Waals surface area contributed by atoms with E-state index in [-0.39, 0.29) is 17.9 Å². The Hall–Kier alpha value is -1.18.